The second-order valence-corrected chi connectivity index (χ2v) is 8.50. The van der Waals surface area contributed by atoms with Gasteiger partial charge in [0, 0.05) is 36.8 Å². The summed E-state index contributed by atoms with van der Waals surface area (Å²) in [6, 6.07) is 15.8. The molecule has 0 fully saturated rings. The first-order valence-electron chi connectivity index (χ1n) is 9.90. The largest absolute Gasteiger partial charge is 0.493 e. The van der Waals surface area contributed by atoms with E-state index in [0.29, 0.717) is 17.9 Å². The van der Waals surface area contributed by atoms with Gasteiger partial charge in [-0.15, -0.1) is 11.3 Å². The maximum Gasteiger partial charge on any atom is 0.254 e. The molecule has 156 valence electrons. The van der Waals surface area contributed by atoms with Gasteiger partial charge in [0.2, 0.25) is 0 Å². The van der Waals surface area contributed by atoms with E-state index in [1.165, 1.54) is 5.56 Å². The van der Waals surface area contributed by atoms with Crippen molar-refractivity contribution in [2.45, 2.75) is 12.5 Å². The van der Waals surface area contributed by atoms with Crippen LogP contribution in [0.2, 0.25) is 0 Å². The lowest BCUT2D eigenvalue weighted by Crippen LogP contribution is -2.40. The summed E-state index contributed by atoms with van der Waals surface area (Å²) in [5.74, 6) is 1.44. The van der Waals surface area contributed by atoms with Gasteiger partial charge in [-0.1, -0.05) is 12.1 Å². The summed E-state index contributed by atoms with van der Waals surface area (Å²) in [6.07, 6.45) is 0.774. The molecule has 1 amide bonds. The minimum atomic E-state index is -0.149. The number of benzene rings is 2. The fraction of sp³-hybridized carbons (Fsp3) is 0.292. The number of carbonyl (C=O) groups is 1. The van der Waals surface area contributed by atoms with Gasteiger partial charge in [0.25, 0.3) is 5.91 Å². The lowest BCUT2D eigenvalue weighted by Gasteiger charge is -2.37. The van der Waals surface area contributed by atoms with Crippen LogP contribution in [0.4, 0.5) is 5.69 Å². The molecule has 0 bridgehead atoms. The molecule has 5 nitrogen and oxygen atoms in total. The van der Waals surface area contributed by atoms with E-state index in [4.69, 9.17) is 9.47 Å². The summed E-state index contributed by atoms with van der Waals surface area (Å²) in [5.41, 5.74) is 4.00. The second-order valence-electron chi connectivity index (χ2n) is 7.52. The van der Waals surface area contributed by atoms with Crippen LogP contribution in [0.5, 0.6) is 11.5 Å². The Morgan fingerprint density at radius 2 is 1.83 bits per heavy atom. The summed E-state index contributed by atoms with van der Waals surface area (Å²) in [6.45, 7) is 0.649. The molecular formula is C24H26N2O3S. The standard InChI is InChI=1S/C24H26N2O3S/c1-25(2)18-8-5-7-17(13-18)24(27)26-11-10-16-14-20(28-3)21(29-4)15-19(16)23(26)22-9-6-12-30-22/h5-9,12-15,23H,10-11H2,1-4H3/t23-/m1/s1. The van der Waals surface area contributed by atoms with Gasteiger partial charge >= 0.3 is 0 Å². The first-order valence-corrected chi connectivity index (χ1v) is 10.8. The molecule has 2 heterocycles. The van der Waals surface area contributed by atoms with Crippen LogP contribution >= 0.6 is 11.3 Å². The van der Waals surface area contributed by atoms with Crippen molar-refractivity contribution in [2.24, 2.45) is 0 Å². The van der Waals surface area contributed by atoms with Gasteiger partial charge in [-0.05, 0) is 59.3 Å². The van der Waals surface area contributed by atoms with Crippen molar-refractivity contribution in [2.75, 3.05) is 39.8 Å². The summed E-state index contributed by atoms with van der Waals surface area (Å²) < 4.78 is 11.1. The van der Waals surface area contributed by atoms with Crippen molar-refractivity contribution in [3.05, 3.63) is 75.5 Å². The molecule has 2 aromatic carbocycles. The Morgan fingerprint density at radius 1 is 1.07 bits per heavy atom. The highest BCUT2D eigenvalue weighted by atomic mass is 32.1. The van der Waals surface area contributed by atoms with Crippen molar-refractivity contribution in [3.63, 3.8) is 0 Å². The SMILES string of the molecule is COc1cc2c(cc1OC)[C@H](c1cccs1)N(C(=O)c1cccc(N(C)C)c1)CC2. The smallest absolute Gasteiger partial charge is 0.254 e. The molecule has 6 heteroatoms. The molecule has 0 unspecified atom stereocenters. The van der Waals surface area contributed by atoms with Crippen LogP contribution in [0.3, 0.4) is 0 Å². The third kappa shape index (κ3) is 3.63. The Labute approximate surface area is 181 Å². The first-order chi connectivity index (χ1) is 14.5. The van der Waals surface area contributed by atoms with Crippen LogP contribution in [0, 0.1) is 0 Å². The van der Waals surface area contributed by atoms with E-state index in [2.05, 4.69) is 11.4 Å². The Kier molecular flexibility index (Phi) is 5.68. The molecule has 0 saturated carbocycles. The van der Waals surface area contributed by atoms with Gasteiger partial charge in [-0.2, -0.15) is 0 Å². The normalized spacial score (nSPS) is 15.5. The average Bonchev–Trinajstić information content (AvgIpc) is 3.31. The molecular weight excluding hydrogens is 396 g/mol. The number of fused-ring (bicyclic) bond motifs is 1. The van der Waals surface area contributed by atoms with Gasteiger partial charge in [-0.25, -0.2) is 0 Å². The molecule has 30 heavy (non-hydrogen) atoms. The number of hydrogen-bond acceptors (Lipinski definition) is 5. The van der Waals surface area contributed by atoms with Crippen LogP contribution in [-0.2, 0) is 6.42 Å². The molecule has 3 aromatic rings. The number of rotatable bonds is 5. The van der Waals surface area contributed by atoms with Crippen molar-refractivity contribution in [1.29, 1.82) is 0 Å². The second kappa shape index (κ2) is 8.40. The van der Waals surface area contributed by atoms with E-state index >= 15 is 0 Å². The number of methoxy groups -OCH3 is 2. The van der Waals surface area contributed by atoms with E-state index in [0.717, 1.165) is 28.3 Å². The maximum atomic E-state index is 13.6. The minimum Gasteiger partial charge on any atom is -0.493 e. The number of thiophene rings is 1. The minimum absolute atomic E-state index is 0.0394. The number of carbonyl (C=O) groups excluding carboxylic acids is 1. The number of amides is 1. The van der Waals surface area contributed by atoms with Crippen molar-refractivity contribution in [1.82, 2.24) is 4.90 Å². The molecule has 0 radical (unpaired) electrons. The molecule has 1 atom stereocenters. The number of nitrogens with zero attached hydrogens (tertiary/aromatic N) is 2. The van der Waals surface area contributed by atoms with Crippen LogP contribution in [-0.4, -0.2) is 45.7 Å². The third-order valence-corrected chi connectivity index (χ3v) is 6.48. The highest BCUT2D eigenvalue weighted by molar-refractivity contribution is 7.10. The van der Waals surface area contributed by atoms with E-state index in [1.807, 2.05) is 66.4 Å². The van der Waals surface area contributed by atoms with Gasteiger partial charge in [0.1, 0.15) is 0 Å². The summed E-state index contributed by atoms with van der Waals surface area (Å²) in [4.78, 5) is 18.8. The van der Waals surface area contributed by atoms with Crippen molar-refractivity contribution >= 4 is 22.9 Å². The lowest BCUT2D eigenvalue weighted by atomic mass is 9.90. The lowest BCUT2D eigenvalue weighted by molar-refractivity contribution is 0.0697. The fourth-order valence-electron chi connectivity index (χ4n) is 4.00. The average molecular weight is 423 g/mol. The number of anilines is 1. The Balaban J connectivity index is 1.79. The molecule has 1 aromatic heterocycles. The van der Waals surface area contributed by atoms with E-state index in [-0.39, 0.29) is 11.9 Å². The number of hydrogen-bond donors (Lipinski definition) is 0. The predicted octanol–water partition coefficient (Wildman–Crippen LogP) is 4.62. The summed E-state index contributed by atoms with van der Waals surface area (Å²) >= 11 is 1.67. The molecule has 0 saturated heterocycles. The Bertz CT molecular complexity index is 1050. The molecule has 0 N–H and O–H groups in total. The predicted molar refractivity (Wildman–Crippen MR) is 121 cm³/mol. The topological polar surface area (TPSA) is 42.0 Å². The van der Waals surface area contributed by atoms with Gasteiger partial charge in [0.05, 0.1) is 20.3 Å². The molecule has 1 aliphatic heterocycles. The molecule has 4 rings (SSSR count). The highest BCUT2D eigenvalue weighted by Gasteiger charge is 2.34. The van der Waals surface area contributed by atoms with Crippen LogP contribution in [0.1, 0.15) is 32.4 Å². The summed E-state index contributed by atoms with van der Waals surface area (Å²) in [5, 5.41) is 2.06. The van der Waals surface area contributed by atoms with Crippen LogP contribution in [0.25, 0.3) is 0 Å². The van der Waals surface area contributed by atoms with Crippen molar-refractivity contribution in [3.8, 4) is 11.5 Å². The maximum absolute atomic E-state index is 13.6. The zero-order valence-corrected chi connectivity index (χ0v) is 18.5. The van der Waals surface area contributed by atoms with E-state index in [9.17, 15) is 4.79 Å². The van der Waals surface area contributed by atoms with Crippen LogP contribution < -0.4 is 14.4 Å². The zero-order chi connectivity index (χ0) is 21.3. The first kappa shape index (κ1) is 20.3. The third-order valence-electron chi connectivity index (χ3n) is 5.56. The molecule has 0 spiro atoms. The molecule has 0 aliphatic carbocycles. The number of ether oxygens (including phenoxy) is 2. The van der Waals surface area contributed by atoms with Gasteiger partial charge in [0.15, 0.2) is 11.5 Å². The molecule has 1 aliphatic rings. The Morgan fingerprint density at radius 3 is 2.50 bits per heavy atom. The monoisotopic (exact) mass is 422 g/mol. The van der Waals surface area contributed by atoms with Crippen LogP contribution in [0.15, 0.2) is 53.9 Å². The highest BCUT2D eigenvalue weighted by Crippen LogP contribution is 2.42. The van der Waals surface area contributed by atoms with Gasteiger partial charge < -0.3 is 19.3 Å². The Hall–Kier alpha value is -2.99. The zero-order valence-electron chi connectivity index (χ0n) is 17.7. The fourth-order valence-corrected chi connectivity index (χ4v) is 4.86. The van der Waals surface area contributed by atoms with E-state index < -0.39 is 0 Å². The van der Waals surface area contributed by atoms with Crippen molar-refractivity contribution < 1.29 is 14.3 Å². The van der Waals surface area contributed by atoms with Gasteiger partial charge in [-0.3, -0.25) is 4.79 Å². The summed E-state index contributed by atoms with van der Waals surface area (Å²) in [7, 11) is 7.25. The van der Waals surface area contributed by atoms with E-state index in [1.54, 1.807) is 25.6 Å². The quantitative estimate of drug-likeness (QED) is 0.602.